The quantitative estimate of drug-likeness (QED) is 0.809. The van der Waals surface area contributed by atoms with Crippen LogP contribution in [0.3, 0.4) is 0 Å². The predicted octanol–water partition coefficient (Wildman–Crippen LogP) is 2.52. The minimum Gasteiger partial charge on any atom is -0.497 e. The van der Waals surface area contributed by atoms with Gasteiger partial charge in [0.25, 0.3) is 0 Å². The predicted molar refractivity (Wildman–Crippen MR) is 78.1 cm³/mol. The second kappa shape index (κ2) is 7.11. The van der Waals surface area contributed by atoms with Crippen molar-refractivity contribution < 1.29 is 19.4 Å². The molecule has 2 N–H and O–H groups in total. The molecule has 0 bridgehead atoms. The molecule has 1 aliphatic rings. The smallest absolute Gasteiger partial charge is 0.330 e. The van der Waals surface area contributed by atoms with Crippen LogP contribution in [0.5, 0.6) is 5.75 Å². The molecule has 1 atom stereocenters. The first-order valence-corrected chi connectivity index (χ1v) is 7.26. The van der Waals surface area contributed by atoms with Crippen molar-refractivity contribution in [3.63, 3.8) is 0 Å². The fraction of sp³-hybridized carbons (Fsp3) is 0.500. The summed E-state index contributed by atoms with van der Waals surface area (Å²) < 4.78 is 5.04. The average Bonchev–Trinajstić information content (AvgIpc) is 2.43. The van der Waals surface area contributed by atoms with Gasteiger partial charge < -0.3 is 15.2 Å². The molecular formula is C16H21NO4. The number of aliphatic carboxylic acids is 1. The van der Waals surface area contributed by atoms with Gasteiger partial charge in [0.2, 0.25) is 5.91 Å². The van der Waals surface area contributed by atoms with Crippen LogP contribution in [0, 0.1) is 5.92 Å². The Morgan fingerprint density at radius 2 is 2.00 bits per heavy atom. The summed E-state index contributed by atoms with van der Waals surface area (Å²) in [5.41, 5.74) is 0.542. The second-order valence-electron chi connectivity index (χ2n) is 5.45. The zero-order valence-electron chi connectivity index (χ0n) is 12.2. The van der Waals surface area contributed by atoms with Crippen LogP contribution in [0.4, 0.5) is 0 Å². The molecule has 1 aliphatic carbocycles. The van der Waals surface area contributed by atoms with Crippen molar-refractivity contribution >= 4 is 11.9 Å². The molecule has 114 valence electrons. The highest BCUT2D eigenvalue weighted by molar-refractivity contribution is 5.84. The number of benzene rings is 1. The maximum Gasteiger partial charge on any atom is 0.330 e. The molecule has 2 rings (SSSR count). The Labute approximate surface area is 124 Å². The van der Waals surface area contributed by atoms with Crippen LogP contribution < -0.4 is 10.1 Å². The first-order chi connectivity index (χ1) is 10.1. The lowest BCUT2D eigenvalue weighted by molar-refractivity contribution is -0.142. The van der Waals surface area contributed by atoms with Gasteiger partial charge in [-0.15, -0.1) is 0 Å². The van der Waals surface area contributed by atoms with E-state index in [4.69, 9.17) is 4.74 Å². The van der Waals surface area contributed by atoms with Crippen LogP contribution in [0.1, 0.15) is 43.7 Å². The van der Waals surface area contributed by atoms with Crippen molar-refractivity contribution in [3.05, 3.63) is 29.8 Å². The molecule has 1 fully saturated rings. The van der Waals surface area contributed by atoms with E-state index < -0.39 is 12.0 Å². The van der Waals surface area contributed by atoms with Crippen molar-refractivity contribution in [2.24, 2.45) is 5.92 Å². The third-order valence-corrected chi connectivity index (χ3v) is 4.01. The first kappa shape index (κ1) is 15.4. The molecule has 5 heteroatoms. The van der Waals surface area contributed by atoms with Gasteiger partial charge in [-0.1, -0.05) is 31.4 Å². The Kier molecular flexibility index (Phi) is 5.20. The van der Waals surface area contributed by atoms with Crippen molar-refractivity contribution in [2.75, 3.05) is 7.11 Å². The van der Waals surface area contributed by atoms with E-state index in [0.717, 1.165) is 6.42 Å². The van der Waals surface area contributed by atoms with E-state index in [-0.39, 0.29) is 5.91 Å². The SMILES string of the molecule is COc1ccc(C(NC(=O)CCC2CCC2)C(=O)O)cc1. The van der Waals surface area contributed by atoms with Crippen molar-refractivity contribution in [2.45, 2.75) is 38.1 Å². The number of rotatable bonds is 7. The molecular weight excluding hydrogens is 270 g/mol. The molecule has 1 aromatic carbocycles. The van der Waals surface area contributed by atoms with Gasteiger partial charge in [-0.05, 0) is 30.0 Å². The number of carboxylic acids is 1. The van der Waals surface area contributed by atoms with Crippen LogP contribution in [0.2, 0.25) is 0 Å². The lowest BCUT2D eigenvalue weighted by Gasteiger charge is -2.25. The molecule has 1 unspecified atom stereocenters. The number of carbonyl (C=O) groups is 2. The maximum absolute atomic E-state index is 11.9. The Morgan fingerprint density at radius 3 is 2.48 bits per heavy atom. The lowest BCUT2D eigenvalue weighted by Crippen LogP contribution is -2.34. The summed E-state index contributed by atoms with van der Waals surface area (Å²) >= 11 is 0. The number of methoxy groups -OCH3 is 1. The van der Waals surface area contributed by atoms with Gasteiger partial charge in [-0.3, -0.25) is 4.79 Å². The fourth-order valence-electron chi connectivity index (χ4n) is 2.43. The van der Waals surface area contributed by atoms with E-state index >= 15 is 0 Å². The summed E-state index contributed by atoms with van der Waals surface area (Å²) in [5.74, 6) is 0.0292. The molecule has 1 aromatic rings. The summed E-state index contributed by atoms with van der Waals surface area (Å²) in [7, 11) is 1.55. The minimum absolute atomic E-state index is 0.204. The van der Waals surface area contributed by atoms with Gasteiger partial charge in [0, 0.05) is 6.42 Å². The van der Waals surface area contributed by atoms with Crippen LogP contribution in [-0.4, -0.2) is 24.1 Å². The number of ether oxygens (including phenoxy) is 1. The molecule has 5 nitrogen and oxygen atoms in total. The number of nitrogens with one attached hydrogen (secondary N) is 1. The summed E-state index contributed by atoms with van der Waals surface area (Å²) in [4.78, 5) is 23.2. The summed E-state index contributed by atoms with van der Waals surface area (Å²) in [6, 6.07) is 5.68. The summed E-state index contributed by atoms with van der Waals surface area (Å²) in [6.07, 6.45) is 4.86. The zero-order chi connectivity index (χ0) is 15.2. The fourth-order valence-corrected chi connectivity index (χ4v) is 2.43. The highest BCUT2D eigenvalue weighted by atomic mass is 16.5. The highest BCUT2D eigenvalue weighted by Crippen LogP contribution is 2.30. The largest absolute Gasteiger partial charge is 0.497 e. The Hall–Kier alpha value is -2.04. The van der Waals surface area contributed by atoms with Gasteiger partial charge in [0.05, 0.1) is 7.11 Å². The van der Waals surface area contributed by atoms with Gasteiger partial charge in [-0.25, -0.2) is 4.79 Å². The standard InChI is InChI=1S/C16H21NO4/c1-21-13-8-6-12(7-9-13)15(16(19)20)17-14(18)10-5-11-3-2-4-11/h6-9,11,15H,2-5,10H2,1H3,(H,17,18)(H,19,20). The van der Waals surface area contributed by atoms with Crippen molar-refractivity contribution in [3.8, 4) is 5.75 Å². The van der Waals surface area contributed by atoms with E-state index in [1.807, 2.05) is 0 Å². The van der Waals surface area contributed by atoms with E-state index in [9.17, 15) is 14.7 Å². The maximum atomic E-state index is 11.9. The normalized spacial score (nSPS) is 15.9. The molecule has 0 aromatic heterocycles. The van der Waals surface area contributed by atoms with Crippen LogP contribution in [0.15, 0.2) is 24.3 Å². The molecule has 0 spiro atoms. The van der Waals surface area contributed by atoms with E-state index in [1.54, 1.807) is 31.4 Å². The molecule has 0 aliphatic heterocycles. The zero-order valence-corrected chi connectivity index (χ0v) is 12.2. The molecule has 0 saturated heterocycles. The van der Waals surface area contributed by atoms with E-state index in [0.29, 0.717) is 23.7 Å². The second-order valence-corrected chi connectivity index (χ2v) is 5.45. The molecule has 21 heavy (non-hydrogen) atoms. The first-order valence-electron chi connectivity index (χ1n) is 7.26. The number of carboxylic acid groups (broad SMARTS) is 1. The van der Waals surface area contributed by atoms with Crippen LogP contribution in [0.25, 0.3) is 0 Å². The van der Waals surface area contributed by atoms with Gasteiger partial charge in [-0.2, -0.15) is 0 Å². The topological polar surface area (TPSA) is 75.6 Å². The molecule has 1 saturated carbocycles. The van der Waals surface area contributed by atoms with Crippen molar-refractivity contribution in [1.29, 1.82) is 0 Å². The Balaban J connectivity index is 1.93. The van der Waals surface area contributed by atoms with E-state index in [1.165, 1.54) is 19.3 Å². The number of hydrogen-bond donors (Lipinski definition) is 2. The highest BCUT2D eigenvalue weighted by Gasteiger charge is 2.23. The van der Waals surface area contributed by atoms with Crippen molar-refractivity contribution in [1.82, 2.24) is 5.32 Å². The third kappa shape index (κ3) is 4.21. The van der Waals surface area contributed by atoms with Crippen LogP contribution in [-0.2, 0) is 9.59 Å². The van der Waals surface area contributed by atoms with Gasteiger partial charge in [0.15, 0.2) is 6.04 Å². The Bertz CT molecular complexity index is 494. The number of hydrogen-bond acceptors (Lipinski definition) is 3. The number of amides is 1. The minimum atomic E-state index is -1.06. The lowest BCUT2D eigenvalue weighted by atomic mass is 9.82. The summed E-state index contributed by atoms with van der Waals surface area (Å²) in [5, 5.41) is 11.9. The number of carbonyl (C=O) groups excluding carboxylic acids is 1. The molecule has 1 amide bonds. The Morgan fingerprint density at radius 1 is 1.33 bits per heavy atom. The average molecular weight is 291 g/mol. The molecule has 0 heterocycles. The van der Waals surface area contributed by atoms with Gasteiger partial charge >= 0.3 is 5.97 Å². The van der Waals surface area contributed by atoms with Gasteiger partial charge in [0.1, 0.15) is 5.75 Å². The van der Waals surface area contributed by atoms with Crippen LogP contribution >= 0.6 is 0 Å². The van der Waals surface area contributed by atoms with E-state index in [2.05, 4.69) is 5.32 Å². The third-order valence-electron chi connectivity index (χ3n) is 4.01. The summed E-state index contributed by atoms with van der Waals surface area (Å²) in [6.45, 7) is 0. The molecule has 0 radical (unpaired) electrons. The monoisotopic (exact) mass is 291 g/mol.